The second-order valence-corrected chi connectivity index (χ2v) is 8.96. The van der Waals surface area contributed by atoms with Gasteiger partial charge < -0.3 is 10.1 Å². The molecule has 0 aromatic heterocycles. The quantitative estimate of drug-likeness (QED) is 0.872. The highest BCUT2D eigenvalue weighted by atomic mass is 32.2. The maximum atomic E-state index is 12.9. The van der Waals surface area contributed by atoms with Gasteiger partial charge >= 0.3 is 0 Å². The van der Waals surface area contributed by atoms with Crippen LogP contribution in [0.5, 0.6) is 5.75 Å². The summed E-state index contributed by atoms with van der Waals surface area (Å²) in [4.78, 5) is 12.9. The van der Waals surface area contributed by atoms with Crippen molar-refractivity contribution in [3.8, 4) is 5.75 Å². The Balaban J connectivity index is 1.91. The number of carbonyl (C=O) groups excluding carboxylic acids is 1. The summed E-state index contributed by atoms with van der Waals surface area (Å²) >= 11 is 0. The molecule has 0 aliphatic carbocycles. The molecule has 0 spiro atoms. The third-order valence-corrected chi connectivity index (χ3v) is 5.75. The van der Waals surface area contributed by atoms with Gasteiger partial charge in [-0.2, -0.15) is 0 Å². The maximum absolute atomic E-state index is 12.9. The summed E-state index contributed by atoms with van der Waals surface area (Å²) in [6.07, 6.45) is 0.191. The van der Waals surface area contributed by atoms with Crippen LogP contribution in [-0.4, -0.2) is 33.2 Å². The first-order valence-corrected chi connectivity index (χ1v) is 10.7. The number of rotatable bonds is 4. The first kappa shape index (κ1) is 19.2. The number of fused-ring (bicyclic) bond motifs is 1. The molecule has 1 aliphatic heterocycles. The molecule has 1 aliphatic rings. The van der Waals surface area contributed by atoms with E-state index in [1.807, 2.05) is 25.1 Å². The van der Waals surface area contributed by atoms with Crippen LogP contribution in [0.4, 0.5) is 11.4 Å². The molecule has 0 radical (unpaired) electrons. The van der Waals surface area contributed by atoms with Crippen LogP contribution in [-0.2, 0) is 14.8 Å². The van der Waals surface area contributed by atoms with Crippen molar-refractivity contribution >= 4 is 27.3 Å². The molecule has 1 atom stereocenters. The van der Waals surface area contributed by atoms with Gasteiger partial charge in [0.25, 0.3) is 5.91 Å². The fraction of sp³-hybridized carbons (Fsp3) is 0.350. The van der Waals surface area contributed by atoms with Crippen molar-refractivity contribution in [1.29, 1.82) is 0 Å². The van der Waals surface area contributed by atoms with Gasteiger partial charge in [0.1, 0.15) is 5.75 Å². The number of amides is 1. The largest absolute Gasteiger partial charge is 0.476 e. The van der Waals surface area contributed by atoms with Crippen LogP contribution < -0.4 is 14.4 Å². The number of ether oxygens (including phenoxy) is 1. The van der Waals surface area contributed by atoms with Gasteiger partial charge in [-0.25, -0.2) is 8.42 Å². The van der Waals surface area contributed by atoms with Crippen molar-refractivity contribution in [2.45, 2.75) is 32.8 Å². The minimum atomic E-state index is -3.54. The second-order valence-electron chi connectivity index (χ2n) is 7.05. The SMILES string of the molecule is Cc1cccc(C(C)C)c1NC(=O)C1CN(S(C)(=O)=O)c2ccccc2O1. The Labute approximate surface area is 160 Å². The van der Waals surface area contributed by atoms with Crippen molar-refractivity contribution in [3.05, 3.63) is 53.6 Å². The number of para-hydroxylation sites is 3. The monoisotopic (exact) mass is 388 g/mol. The molecular formula is C20H24N2O4S. The number of aryl methyl sites for hydroxylation is 1. The molecule has 0 saturated carbocycles. The summed E-state index contributed by atoms with van der Waals surface area (Å²) < 4.78 is 31.5. The molecule has 1 amide bonds. The van der Waals surface area contributed by atoms with E-state index < -0.39 is 16.1 Å². The van der Waals surface area contributed by atoms with E-state index in [9.17, 15) is 13.2 Å². The fourth-order valence-corrected chi connectivity index (χ4v) is 4.11. The summed E-state index contributed by atoms with van der Waals surface area (Å²) in [5, 5.41) is 2.95. The average Bonchev–Trinajstić information content (AvgIpc) is 2.61. The Kier molecular flexibility index (Phi) is 5.15. The predicted octanol–water partition coefficient (Wildman–Crippen LogP) is 3.28. The van der Waals surface area contributed by atoms with E-state index in [1.54, 1.807) is 24.3 Å². The van der Waals surface area contributed by atoms with Crippen molar-refractivity contribution in [1.82, 2.24) is 0 Å². The Bertz CT molecular complexity index is 970. The second kappa shape index (κ2) is 7.23. The lowest BCUT2D eigenvalue weighted by atomic mass is 9.98. The van der Waals surface area contributed by atoms with Gasteiger partial charge in [-0.3, -0.25) is 9.10 Å². The topological polar surface area (TPSA) is 75.7 Å². The first-order chi connectivity index (χ1) is 12.7. The minimum absolute atomic E-state index is 0.0649. The number of benzene rings is 2. The number of sulfonamides is 1. The van der Waals surface area contributed by atoms with Crippen molar-refractivity contribution in [2.75, 3.05) is 22.4 Å². The molecule has 1 heterocycles. The Morgan fingerprint density at radius 1 is 1.19 bits per heavy atom. The fourth-order valence-electron chi connectivity index (χ4n) is 3.20. The Morgan fingerprint density at radius 3 is 2.56 bits per heavy atom. The molecule has 27 heavy (non-hydrogen) atoms. The Hall–Kier alpha value is -2.54. The van der Waals surface area contributed by atoms with E-state index in [2.05, 4.69) is 19.2 Å². The molecular weight excluding hydrogens is 364 g/mol. The molecule has 0 bridgehead atoms. The molecule has 0 saturated heterocycles. The summed E-state index contributed by atoms with van der Waals surface area (Å²) in [5.74, 6) is 0.248. The zero-order valence-corrected chi connectivity index (χ0v) is 16.7. The van der Waals surface area contributed by atoms with E-state index in [4.69, 9.17) is 4.74 Å². The van der Waals surface area contributed by atoms with Gasteiger partial charge in [0.15, 0.2) is 6.10 Å². The van der Waals surface area contributed by atoms with Crippen LogP contribution in [0.25, 0.3) is 0 Å². The van der Waals surface area contributed by atoms with E-state index in [0.717, 1.165) is 23.1 Å². The number of nitrogens with zero attached hydrogens (tertiary/aromatic N) is 1. The van der Waals surface area contributed by atoms with Crippen LogP contribution in [0.3, 0.4) is 0 Å². The van der Waals surface area contributed by atoms with Crippen molar-refractivity contribution < 1.29 is 17.9 Å². The van der Waals surface area contributed by atoms with E-state index in [1.165, 1.54) is 4.31 Å². The van der Waals surface area contributed by atoms with Gasteiger partial charge in [0.05, 0.1) is 18.5 Å². The summed E-state index contributed by atoms with van der Waals surface area (Å²) in [5.41, 5.74) is 3.18. The van der Waals surface area contributed by atoms with Crippen LogP contribution >= 0.6 is 0 Å². The molecule has 2 aromatic rings. The van der Waals surface area contributed by atoms with Crippen LogP contribution in [0.15, 0.2) is 42.5 Å². The van der Waals surface area contributed by atoms with Crippen molar-refractivity contribution in [2.24, 2.45) is 0 Å². The Morgan fingerprint density at radius 2 is 1.89 bits per heavy atom. The summed E-state index contributed by atoms with van der Waals surface area (Å²) in [6.45, 7) is 5.98. The van der Waals surface area contributed by atoms with Crippen molar-refractivity contribution in [3.63, 3.8) is 0 Å². The molecule has 3 rings (SSSR count). The van der Waals surface area contributed by atoms with E-state index in [0.29, 0.717) is 11.4 Å². The molecule has 2 aromatic carbocycles. The van der Waals surface area contributed by atoms with Gasteiger partial charge in [0.2, 0.25) is 10.0 Å². The third kappa shape index (κ3) is 3.93. The summed E-state index contributed by atoms with van der Waals surface area (Å²) in [7, 11) is -3.54. The number of anilines is 2. The van der Waals surface area contributed by atoms with Gasteiger partial charge in [-0.1, -0.05) is 44.2 Å². The predicted molar refractivity (Wildman–Crippen MR) is 107 cm³/mol. The number of nitrogens with one attached hydrogen (secondary N) is 1. The molecule has 144 valence electrons. The standard InChI is InChI=1S/C20H24N2O4S/c1-13(2)15-9-7-8-14(3)19(15)21-20(23)18-12-22(27(4,24)25)16-10-5-6-11-17(16)26-18/h5-11,13,18H,12H2,1-4H3,(H,21,23). The van der Waals surface area contributed by atoms with E-state index >= 15 is 0 Å². The lowest BCUT2D eigenvalue weighted by molar-refractivity contribution is -0.122. The molecule has 7 heteroatoms. The number of hydrogen-bond donors (Lipinski definition) is 1. The zero-order valence-electron chi connectivity index (χ0n) is 15.9. The lowest BCUT2D eigenvalue weighted by Gasteiger charge is -2.34. The zero-order chi connectivity index (χ0) is 19.8. The average molecular weight is 388 g/mol. The number of carbonyl (C=O) groups is 1. The first-order valence-electron chi connectivity index (χ1n) is 8.82. The third-order valence-electron chi connectivity index (χ3n) is 4.60. The highest BCUT2D eigenvalue weighted by Crippen LogP contribution is 2.35. The molecule has 6 nitrogen and oxygen atoms in total. The summed E-state index contributed by atoms with van der Waals surface area (Å²) in [6, 6.07) is 12.7. The maximum Gasteiger partial charge on any atom is 0.267 e. The molecule has 1 unspecified atom stereocenters. The minimum Gasteiger partial charge on any atom is -0.476 e. The smallest absolute Gasteiger partial charge is 0.267 e. The van der Waals surface area contributed by atoms with Crippen LogP contribution in [0.1, 0.15) is 30.9 Å². The lowest BCUT2D eigenvalue weighted by Crippen LogP contribution is -2.48. The number of hydrogen-bond acceptors (Lipinski definition) is 4. The van der Waals surface area contributed by atoms with Crippen LogP contribution in [0.2, 0.25) is 0 Å². The van der Waals surface area contributed by atoms with Gasteiger partial charge in [-0.15, -0.1) is 0 Å². The van der Waals surface area contributed by atoms with E-state index in [-0.39, 0.29) is 18.4 Å². The van der Waals surface area contributed by atoms with Crippen LogP contribution in [0, 0.1) is 6.92 Å². The highest BCUT2D eigenvalue weighted by Gasteiger charge is 2.35. The molecule has 0 fully saturated rings. The normalized spacial score (nSPS) is 16.6. The van der Waals surface area contributed by atoms with Gasteiger partial charge in [0, 0.05) is 5.69 Å². The van der Waals surface area contributed by atoms with Gasteiger partial charge in [-0.05, 0) is 36.1 Å². The highest BCUT2D eigenvalue weighted by molar-refractivity contribution is 7.92. The molecule has 1 N–H and O–H groups in total.